The van der Waals surface area contributed by atoms with Gasteiger partial charge in [0.15, 0.2) is 5.78 Å². The molecule has 3 saturated carbocycles. The number of aliphatic hydroxyl groups is 3. The van der Waals surface area contributed by atoms with Crippen LogP contribution in [0.25, 0.3) is 0 Å². The standard InChI is InChI=1S/C28H44O4/c1-17(2)18(3)7-8-19(4)21-9-10-22-23-15-24(30)28(32)16-20(29)11-12-26(28,6)27(23,31)14-13-25(21,22)5/h7-8,15,17-22,29,31-32H,9-14,16H2,1-6H3/b8-7+/t18-,19+,20+,21+,22-,25+,26+,27+,28+/m0/s1. The van der Waals surface area contributed by atoms with E-state index in [2.05, 4.69) is 46.8 Å². The van der Waals surface area contributed by atoms with Crippen LogP contribution < -0.4 is 0 Å². The van der Waals surface area contributed by atoms with Crippen molar-refractivity contribution >= 4 is 5.78 Å². The van der Waals surface area contributed by atoms with E-state index in [1.165, 1.54) is 0 Å². The first kappa shape index (κ1) is 24.2. The Morgan fingerprint density at radius 2 is 1.66 bits per heavy atom. The van der Waals surface area contributed by atoms with Crippen LogP contribution in [-0.4, -0.2) is 38.4 Å². The fourth-order valence-corrected chi connectivity index (χ4v) is 7.91. The number of hydrogen-bond acceptors (Lipinski definition) is 4. The molecule has 0 heterocycles. The summed E-state index contributed by atoms with van der Waals surface area (Å²) in [4.78, 5) is 13.3. The van der Waals surface area contributed by atoms with Crippen LogP contribution >= 0.6 is 0 Å². The summed E-state index contributed by atoms with van der Waals surface area (Å²) < 4.78 is 0. The topological polar surface area (TPSA) is 77.8 Å². The molecular weight excluding hydrogens is 400 g/mol. The largest absolute Gasteiger partial charge is 0.393 e. The zero-order valence-electron chi connectivity index (χ0n) is 20.9. The fourth-order valence-electron chi connectivity index (χ4n) is 7.91. The summed E-state index contributed by atoms with van der Waals surface area (Å²) in [5.41, 5.74) is -2.90. The van der Waals surface area contributed by atoms with Crippen molar-refractivity contribution in [3.05, 3.63) is 23.8 Å². The second-order valence-corrected chi connectivity index (χ2v) is 12.5. The maximum atomic E-state index is 13.3. The number of carbonyl (C=O) groups is 1. The van der Waals surface area contributed by atoms with Crippen molar-refractivity contribution in [1.82, 2.24) is 0 Å². The Labute approximate surface area is 194 Å². The minimum Gasteiger partial charge on any atom is -0.393 e. The molecule has 4 aliphatic carbocycles. The maximum absolute atomic E-state index is 13.3. The molecule has 4 heteroatoms. The molecule has 32 heavy (non-hydrogen) atoms. The summed E-state index contributed by atoms with van der Waals surface area (Å²) in [5.74, 6) is 2.01. The first-order valence-corrected chi connectivity index (χ1v) is 12.9. The lowest BCUT2D eigenvalue weighted by atomic mass is 9.43. The Balaban J connectivity index is 1.67. The van der Waals surface area contributed by atoms with Crippen LogP contribution in [0.15, 0.2) is 23.8 Å². The highest BCUT2D eigenvalue weighted by Gasteiger charge is 2.71. The third-order valence-electron chi connectivity index (χ3n) is 10.7. The van der Waals surface area contributed by atoms with Crippen LogP contribution in [0.1, 0.15) is 86.5 Å². The van der Waals surface area contributed by atoms with Crippen molar-refractivity contribution in [3.63, 3.8) is 0 Å². The molecule has 9 atom stereocenters. The summed E-state index contributed by atoms with van der Waals surface area (Å²) in [6, 6.07) is 0. The SMILES string of the molecule is CC(C)[C@@H](C)/C=C/[C@@H](C)[C@H]1CC[C@H]2C3=CC(=O)[C@]4(O)C[C@H](O)CC[C@]4(C)[C@@]3(O)CC[C@]12C. The quantitative estimate of drug-likeness (QED) is 0.543. The van der Waals surface area contributed by atoms with Gasteiger partial charge in [-0.2, -0.15) is 0 Å². The number of allylic oxidation sites excluding steroid dienone is 2. The van der Waals surface area contributed by atoms with Gasteiger partial charge in [-0.1, -0.05) is 53.7 Å². The third kappa shape index (κ3) is 3.15. The van der Waals surface area contributed by atoms with Crippen molar-refractivity contribution in [2.45, 2.75) is 104 Å². The lowest BCUT2D eigenvalue weighted by Crippen LogP contribution is -2.71. The minimum atomic E-state index is -1.68. The molecule has 4 nitrogen and oxygen atoms in total. The van der Waals surface area contributed by atoms with E-state index in [9.17, 15) is 20.1 Å². The van der Waals surface area contributed by atoms with Crippen LogP contribution in [0.3, 0.4) is 0 Å². The van der Waals surface area contributed by atoms with Gasteiger partial charge in [0.2, 0.25) is 0 Å². The van der Waals surface area contributed by atoms with E-state index in [-0.39, 0.29) is 23.5 Å². The van der Waals surface area contributed by atoms with Gasteiger partial charge in [0.05, 0.1) is 11.7 Å². The highest BCUT2D eigenvalue weighted by Crippen LogP contribution is 2.68. The minimum absolute atomic E-state index is 0.0227. The van der Waals surface area contributed by atoms with Crippen LogP contribution in [0, 0.1) is 40.4 Å². The number of hydrogen-bond donors (Lipinski definition) is 3. The second-order valence-electron chi connectivity index (χ2n) is 12.5. The Hall–Kier alpha value is -0.970. The molecule has 3 N–H and O–H groups in total. The van der Waals surface area contributed by atoms with Gasteiger partial charge >= 0.3 is 0 Å². The smallest absolute Gasteiger partial charge is 0.188 e. The molecule has 0 unspecified atom stereocenters. The molecule has 180 valence electrons. The Kier molecular flexibility index (Phi) is 5.88. The van der Waals surface area contributed by atoms with E-state index in [1.54, 1.807) is 6.08 Å². The van der Waals surface area contributed by atoms with Crippen LogP contribution in [0.4, 0.5) is 0 Å². The van der Waals surface area contributed by atoms with Gasteiger partial charge in [0, 0.05) is 11.8 Å². The van der Waals surface area contributed by atoms with Crippen molar-refractivity contribution < 1.29 is 20.1 Å². The molecule has 0 radical (unpaired) electrons. The Morgan fingerprint density at radius 3 is 2.31 bits per heavy atom. The first-order chi connectivity index (χ1) is 14.8. The molecule has 4 aliphatic rings. The first-order valence-electron chi connectivity index (χ1n) is 12.9. The van der Waals surface area contributed by atoms with Gasteiger partial charge in [0.25, 0.3) is 0 Å². The van der Waals surface area contributed by atoms with Crippen molar-refractivity contribution in [1.29, 1.82) is 0 Å². The Bertz CT molecular complexity index is 829. The van der Waals surface area contributed by atoms with Gasteiger partial charge in [-0.25, -0.2) is 0 Å². The number of aliphatic hydroxyl groups excluding tert-OH is 1. The summed E-state index contributed by atoms with van der Waals surface area (Å²) in [7, 11) is 0. The molecule has 0 aromatic heterocycles. The zero-order chi connectivity index (χ0) is 23.7. The molecule has 4 rings (SSSR count). The lowest BCUT2D eigenvalue weighted by molar-refractivity contribution is -0.223. The number of carbonyl (C=O) groups excluding carboxylic acids is 1. The number of fused-ring (bicyclic) bond motifs is 5. The average molecular weight is 445 g/mol. The van der Waals surface area contributed by atoms with Gasteiger partial charge in [0.1, 0.15) is 5.60 Å². The highest BCUT2D eigenvalue weighted by atomic mass is 16.3. The molecule has 0 aliphatic heterocycles. The summed E-state index contributed by atoms with van der Waals surface area (Å²) in [5, 5.41) is 33.9. The van der Waals surface area contributed by atoms with E-state index < -0.39 is 22.7 Å². The van der Waals surface area contributed by atoms with E-state index in [1.807, 2.05) is 6.92 Å². The average Bonchev–Trinajstić information content (AvgIpc) is 3.07. The van der Waals surface area contributed by atoms with E-state index in [4.69, 9.17) is 0 Å². The second kappa shape index (κ2) is 7.78. The van der Waals surface area contributed by atoms with Crippen LogP contribution in [0.2, 0.25) is 0 Å². The molecule has 0 bridgehead atoms. The predicted octanol–water partition coefficient (Wildman–Crippen LogP) is 4.82. The summed E-state index contributed by atoms with van der Waals surface area (Å²) >= 11 is 0. The van der Waals surface area contributed by atoms with Crippen LogP contribution in [-0.2, 0) is 4.79 Å². The van der Waals surface area contributed by atoms with Crippen molar-refractivity contribution in [2.75, 3.05) is 0 Å². The molecule has 0 aromatic carbocycles. The predicted molar refractivity (Wildman–Crippen MR) is 127 cm³/mol. The zero-order valence-corrected chi connectivity index (χ0v) is 20.9. The van der Waals surface area contributed by atoms with Gasteiger partial charge in [-0.3, -0.25) is 4.79 Å². The molecule has 0 spiro atoms. The third-order valence-corrected chi connectivity index (χ3v) is 10.7. The van der Waals surface area contributed by atoms with E-state index in [0.717, 1.165) is 24.8 Å². The summed E-state index contributed by atoms with van der Waals surface area (Å²) in [6.45, 7) is 13.4. The summed E-state index contributed by atoms with van der Waals surface area (Å²) in [6.07, 6.45) is 10.2. The van der Waals surface area contributed by atoms with Gasteiger partial charge in [-0.15, -0.1) is 0 Å². The van der Waals surface area contributed by atoms with Gasteiger partial charge < -0.3 is 15.3 Å². The lowest BCUT2D eigenvalue weighted by Gasteiger charge is -2.63. The van der Waals surface area contributed by atoms with E-state index >= 15 is 0 Å². The molecule has 0 amide bonds. The highest BCUT2D eigenvalue weighted by molar-refractivity contribution is 6.00. The van der Waals surface area contributed by atoms with Gasteiger partial charge in [-0.05, 0) is 85.2 Å². The molecule has 3 fully saturated rings. The van der Waals surface area contributed by atoms with Crippen molar-refractivity contribution in [3.8, 4) is 0 Å². The normalized spacial score (nSPS) is 48.2. The molecule has 0 aromatic rings. The Morgan fingerprint density at radius 1 is 0.969 bits per heavy atom. The maximum Gasteiger partial charge on any atom is 0.188 e. The number of ketones is 1. The fraction of sp³-hybridized carbons (Fsp3) is 0.821. The van der Waals surface area contributed by atoms with Crippen LogP contribution in [0.5, 0.6) is 0 Å². The van der Waals surface area contributed by atoms with Crippen molar-refractivity contribution in [2.24, 2.45) is 40.4 Å². The van der Waals surface area contributed by atoms with E-state index in [0.29, 0.717) is 42.9 Å². The number of rotatable bonds is 4. The molecular formula is C28H44O4. The monoisotopic (exact) mass is 444 g/mol. The molecule has 0 saturated heterocycles.